The van der Waals surface area contributed by atoms with E-state index in [1.165, 1.54) is 7.11 Å². The number of nitrogens with zero attached hydrogens (tertiary/aromatic N) is 1. The first-order chi connectivity index (χ1) is 14.5. The van der Waals surface area contributed by atoms with Crippen molar-refractivity contribution in [2.75, 3.05) is 20.3 Å². The Labute approximate surface area is 183 Å². The first-order valence-electron chi connectivity index (χ1n) is 9.37. The Morgan fingerprint density at radius 3 is 2.67 bits per heavy atom. The Bertz CT molecular complexity index is 999. The summed E-state index contributed by atoms with van der Waals surface area (Å²) in [6, 6.07) is 12.6. The molecule has 8 heteroatoms. The number of carbonyl (C=O) groups is 1. The van der Waals surface area contributed by atoms with Gasteiger partial charge in [-0.05, 0) is 50.2 Å². The standard InChI is InChI=1S/C22H23BrN2O5/c1-14-19(15(2)30-25-14)13-29-20-8-7-16(11-21(20)27-3)22(26)24-9-10-28-18-6-4-5-17(23)12-18/h4-8,11-12H,9-10,13H2,1-3H3,(H,24,26). The number of carbonyl (C=O) groups excluding carboxylic acids is 1. The molecule has 158 valence electrons. The smallest absolute Gasteiger partial charge is 0.251 e. The number of amides is 1. The van der Waals surface area contributed by atoms with Gasteiger partial charge in [-0.1, -0.05) is 27.2 Å². The highest BCUT2D eigenvalue weighted by molar-refractivity contribution is 9.10. The molecule has 0 atom stereocenters. The minimum absolute atomic E-state index is 0.219. The zero-order chi connectivity index (χ0) is 21.5. The molecule has 0 bridgehead atoms. The number of nitrogens with one attached hydrogen (secondary N) is 1. The molecule has 7 nitrogen and oxygen atoms in total. The molecule has 0 unspecified atom stereocenters. The predicted molar refractivity (Wildman–Crippen MR) is 115 cm³/mol. The molecular formula is C22H23BrN2O5. The van der Waals surface area contributed by atoms with Crippen LogP contribution in [0.15, 0.2) is 51.5 Å². The summed E-state index contributed by atoms with van der Waals surface area (Å²) in [5.41, 5.74) is 2.15. The van der Waals surface area contributed by atoms with Crippen LogP contribution in [0, 0.1) is 13.8 Å². The fraction of sp³-hybridized carbons (Fsp3) is 0.273. The fourth-order valence-electron chi connectivity index (χ4n) is 2.78. The molecule has 3 aromatic rings. The van der Waals surface area contributed by atoms with Crippen LogP contribution in [0.2, 0.25) is 0 Å². The van der Waals surface area contributed by atoms with Gasteiger partial charge < -0.3 is 24.1 Å². The maximum atomic E-state index is 12.4. The monoisotopic (exact) mass is 474 g/mol. The van der Waals surface area contributed by atoms with Crippen molar-refractivity contribution in [3.63, 3.8) is 0 Å². The molecule has 1 aromatic heterocycles. The van der Waals surface area contributed by atoms with Crippen LogP contribution in [-0.4, -0.2) is 31.3 Å². The molecule has 1 heterocycles. The lowest BCUT2D eigenvalue weighted by Gasteiger charge is -2.12. The Hall–Kier alpha value is -3.00. The Morgan fingerprint density at radius 2 is 1.97 bits per heavy atom. The summed E-state index contributed by atoms with van der Waals surface area (Å²) in [4.78, 5) is 12.4. The average molecular weight is 475 g/mol. The molecule has 1 amide bonds. The molecule has 0 saturated heterocycles. The van der Waals surface area contributed by atoms with Crippen LogP contribution in [0.3, 0.4) is 0 Å². The summed E-state index contributed by atoms with van der Waals surface area (Å²) in [7, 11) is 1.53. The van der Waals surface area contributed by atoms with Crippen molar-refractivity contribution >= 4 is 21.8 Å². The van der Waals surface area contributed by atoms with Crippen molar-refractivity contribution in [3.05, 3.63) is 69.5 Å². The van der Waals surface area contributed by atoms with E-state index in [4.69, 9.17) is 18.7 Å². The van der Waals surface area contributed by atoms with Crippen LogP contribution in [0.25, 0.3) is 0 Å². The Balaban J connectivity index is 1.54. The lowest BCUT2D eigenvalue weighted by atomic mass is 10.2. The van der Waals surface area contributed by atoms with Crippen LogP contribution < -0.4 is 19.5 Å². The summed E-state index contributed by atoms with van der Waals surface area (Å²) < 4.78 is 22.9. The van der Waals surface area contributed by atoms with Gasteiger partial charge in [-0.25, -0.2) is 0 Å². The second kappa shape index (κ2) is 10.2. The topological polar surface area (TPSA) is 82.8 Å². The van der Waals surface area contributed by atoms with Gasteiger partial charge in [-0.2, -0.15) is 0 Å². The van der Waals surface area contributed by atoms with Gasteiger partial charge in [0.05, 0.1) is 24.9 Å². The quantitative estimate of drug-likeness (QED) is 0.461. The minimum Gasteiger partial charge on any atom is -0.493 e. The van der Waals surface area contributed by atoms with E-state index in [9.17, 15) is 4.79 Å². The van der Waals surface area contributed by atoms with Crippen molar-refractivity contribution in [2.45, 2.75) is 20.5 Å². The van der Waals surface area contributed by atoms with Crippen molar-refractivity contribution in [3.8, 4) is 17.2 Å². The highest BCUT2D eigenvalue weighted by atomic mass is 79.9. The number of halogens is 1. The van der Waals surface area contributed by atoms with Crippen LogP contribution in [0.1, 0.15) is 27.4 Å². The summed E-state index contributed by atoms with van der Waals surface area (Å²) in [5.74, 6) is 2.24. The van der Waals surface area contributed by atoms with Gasteiger partial charge in [0.2, 0.25) is 0 Å². The molecule has 0 saturated carbocycles. The summed E-state index contributed by atoms with van der Waals surface area (Å²) in [6.45, 7) is 4.73. The van der Waals surface area contributed by atoms with E-state index < -0.39 is 0 Å². The van der Waals surface area contributed by atoms with Gasteiger partial charge in [0, 0.05) is 10.0 Å². The summed E-state index contributed by atoms with van der Waals surface area (Å²) in [5, 5.41) is 6.75. The van der Waals surface area contributed by atoms with E-state index in [2.05, 4.69) is 26.4 Å². The van der Waals surface area contributed by atoms with Crippen molar-refractivity contribution < 1.29 is 23.5 Å². The normalized spacial score (nSPS) is 10.5. The molecule has 0 radical (unpaired) electrons. The number of ether oxygens (including phenoxy) is 3. The maximum absolute atomic E-state index is 12.4. The molecular weight excluding hydrogens is 452 g/mol. The summed E-state index contributed by atoms with van der Waals surface area (Å²) >= 11 is 3.39. The van der Waals surface area contributed by atoms with E-state index in [1.54, 1.807) is 18.2 Å². The van der Waals surface area contributed by atoms with E-state index in [-0.39, 0.29) is 5.91 Å². The lowest BCUT2D eigenvalue weighted by molar-refractivity contribution is 0.0946. The van der Waals surface area contributed by atoms with Gasteiger partial charge >= 0.3 is 0 Å². The molecule has 30 heavy (non-hydrogen) atoms. The second-order valence-electron chi connectivity index (χ2n) is 6.52. The number of methoxy groups -OCH3 is 1. The third kappa shape index (κ3) is 5.54. The molecule has 0 spiro atoms. The van der Waals surface area contributed by atoms with E-state index in [1.807, 2.05) is 38.1 Å². The molecule has 0 aliphatic carbocycles. The van der Waals surface area contributed by atoms with Crippen molar-refractivity contribution in [1.82, 2.24) is 10.5 Å². The fourth-order valence-corrected chi connectivity index (χ4v) is 3.16. The predicted octanol–water partition coefficient (Wildman–Crippen LogP) is 4.45. The first kappa shape index (κ1) is 21.7. The Kier molecular flexibility index (Phi) is 7.35. The summed E-state index contributed by atoms with van der Waals surface area (Å²) in [6.07, 6.45) is 0. The van der Waals surface area contributed by atoms with Gasteiger partial charge in [0.1, 0.15) is 24.7 Å². The number of benzene rings is 2. The zero-order valence-electron chi connectivity index (χ0n) is 17.0. The molecule has 1 N–H and O–H groups in total. The highest BCUT2D eigenvalue weighted by Gasteiger charge is 2.14. The first-order valence-corrected chi connectivity index (χ1v) is 10.2. The molecule has 0 aliphatic rings. The number of aryl methyl sites for hydroxylation is 2. The lowest BCUT2D eigenvalue weighted by Crippen LogP contribution is -2.28. The number of aromatic nitrogens is 1. The molecule has 0 fully saturated rings. The van der Waals surface area contributed by atoms with Gasteiger partial charge in [-0.3, -0.25) is 4.79 Å². The van der Waals surface area contributed by atoms with Crippen LogP contribution in [-0.2, 0) is 6.61 Å². The molecule has 3 rings (SSSR count). The third-order valence-corrected chi connectivity index (χ3v) is 4.92. The van der Waals surface area contributed by atoms with Crippen molar-refractivity contribution in [1.29, 1.82) is 0 Å². The van der Waals surface area contributed by atoms with E-state index in [0.29, 0.717) is 42.6 Å². The van der Waals surface area contributed by atoms with Gasteiger partial charge in [0.25, 0.3) is 5.91 Å². The van der Waals surface area contributed by atoms with E-state index >= 15 is 0 Å². The van der Waals surface area contributed by atoms with Crippen LogP contribution in [0.5, 0.6) is 17.2 Å². The molecule has 2 aromatic carbocycles. The maximum Gasteiger partial charge on any atom is 0.251 e. The van der Waals surface area contributed by atoms with Gasteiger partial charge in [0.15, 0.2) is 11.5 Å². The highest BCUT2D eigenvalue weighted by Crippen LogP contribution is 2.29. The van der Waals surface area contributed by atoms with Crippen LogP contribution >= 0.6 is 15.9 Å². The van der Waals surface area contributed by atoms with Gasteiger partial charge in [-0.15, -0.1) is 0 Å². The SMILES string of the molecule is COc1cc(C(=O)NCCOc2cccc(Br)c2)ccc1OCc1c(C)noc1C. The number of hydrogen-bond donors (Lipinski definition) is 1. The van der Waals surface area contributed by atoms with Crippen molar-refractivity contribution in [2.24, 2.45) is 0 Å². The number of rotatable bonds is 9. The third-order valence-electron chi connectivity index (χ3n) is 4.43. The second-order valence-corrected chi connectivity index (χ2v) is 7.43. The number of hydrogen-bond acceptors (Lipinski definition) is 6. The van der Waals surface area contributed by atoms with E-state index in [0.717, 1.165) is 21.5 Å². The Morgan fingerprint density at radius 1 is 1.13 bits per heavy atom. The minimum atomic E-state index is -0.219. The average Bonchev–Trinajstić information content (AvgIpc) is 3.06. The van der Waals surface area contributed by atoms with Crippen LogP contribution in [0.4, 0.5) is 0 Å². The molecule has 0 aliphatic heterocycles. The zero-order valence-corrected chi connectivity index (χ0v) is 18.6. The largest absolute Gasteiger partial charge is 0.493 e.